The van der Waals surface area contributed by atoms with Crippen LogP contribution in [0.4, 0.5) is 0 Å². The van der Waals surface area contributed by atoms with Crippen molar-refractivity contribution in [2.45, 2.75) is 0 Å². The summed E-state index contributed by atoms with van der Waals surface area (Å²) >= 11 is 0. The van der Waals surface area contributed by atoms with Gasteiger partial charge in [0.1, 0.15) is 0 Å². The first-order valence-corrected chi connectivity index (χ1v) is 0.775. The second-order valence-corrected chi connectivity index (χ2v) is 0.346. The minimum absolute atomic E-state index is 0. The van der Waals surface area contributed by atoms with Gasteiger partial charge in [-0.2, -0.15) is 0 Å². The summed E-state index contributed by atoms with van der Waals surface area (Å²) in [5, 5.41) is 21.5. The first-order valence-electron chi connectivity index (χ1n) is 0.775. The Morgan fingerprint density at radius 3 is 1.00 bits per heavy atom. The molecule has 0 fully saturated rings. The summed E-state index contributed by atoms with van der Waals surface area (Å²) in [7, 11) is -2.17. The van der Waals surface area contributed by atoms with Gasteiger partial charge in [-0.1, -0.05) is 0 Å². The van der Waals surface area contributed by atoms with E-state index in [0.717, 1.165) is 0 Å². The Morgan fingerprint density at radius 2 is 1.00 bits per heavy atom. The van der Waals surface area contributed by atoms with E-state index in [9.17, 15) is 0 Å². The third kappa shape index (κ3) is 83.7. The van der Waals surface area contributed by atoms with Gasteiger partial charge in [0.15, 0.2) is 0 Å². The van der Waals surface area contributed by atoms with Crippen molar-refractivity contribution < 1.29 is 49.2 Å². The summed E-state index contributed by atoms with van der Waals surface area (Å²) < 4.78 is 0. The molecule has 0 unspecified atom stereocenters. The van der Waals surface area contributed by atoms with Gasteiger partial charge in [-0.3, -0.25) is 0 Å². The van der Waals surface area contributed by atoms with E-state index >= 15 is 0 Å². The van der Waals surface area contributed by atoms with Crippen molar-refractivity contribution in [1.29, 1.82) is 0 Å². The summed E-state index contributed by atoms with van der Waals surface area (Å²) in [5.74, 6) is 0. The average molecular weight is 199 g/mol. The molecule has 0 aliphatic heterocycles. The predicted molar refractivity (Wildman–Crippen MR) is 21.0 cm³/mol. The van der Waals surface area contributed by atoms with E-state index in [-0.39, 0.29) is 57.2 Å². The second-order valence-electron chi connectivity index (χ2n) is 0.346. The molecule has 7 heavy (non-hydrogen) atoms. The van der Waals surface area contributed by atoms with E-state index in [1.807, 2.05) is 0 Å². The molecule has 0 spiro atoms. The molecule has 0 saturated heterocycles. The summed E-state index contributed by atoms with van der Waals surface area (Å²) in [4.78, 5) is 0. The molecule has 7 heteroatoms. The van der Waals surface area contributed by atoms with Crippen LogP contribution in [0.2, 0.25) is 0 Å². The zero-order chi connectivity index (χ0) is 3.58. The molecule has 3 nitrogen and oxygen atoms in total. The van der Waals surface area contributed by atoms with Crippen molar-refractivity contribution in [3.05, 3.63) is 0 Å². The van der Waals surface area contributed by atoms with Gasteiger partial charge in [0.05, 0.1) is 0 Å². The Kier molecular flexibility index (Phi) is 52.1. The van der Waals surface area contributed by atoms with Gasteiger partial charge < -0.3 is 15.1 Å². The van der Waals surface area contributed by atoms with Gasteiger partial charge in [0.25, 0.3) is 0 Å². The van der Waals surface area contributed by atoms with Gasteiger partial charge in [-0.05, 0) is 0 Å². The van der Waals surface area contributed by atoms with Crippen LogP contribution in [0.5, 0.6) is 0 Å². The number of rotatable bonds is 0. The predicted octanol–water partition coefficient (Wildman–Crippen LogP) is -2.97. The molecule has 1 radical (unpaired) electrons. The molecule has 0 atom stereocenters. The molecule has 3 N–H and O–H groups in total. The Hall–Kier alpha value is 1.75. The Balaban J connectivity index is -0.0000000150. The maximum absolute atomic E-state index is 7.17. The maximum atomic E-state index is 7.17. The van der Waals surface area contributed by atoms with E-state index in [1.165, 1.54) is 0 Å². The van der Waals surface area contributed by atoms with Gasteiger partial charge in [0.2, 0.25) is 0 Å². The van der Waals surface area contributed by atoms with Crippen molar-refractivity contribution in [3.8, 4) is 0 Å². The van der Waals surface area contributed by atoms with E-state index < -0.39 is 7.32 Å². The molecule has 0 bridgehead atoms. The third-order valence-corrected chi connectivity index (χ3v) is 0. The number of hydrogen-bond donors (Lipinski definition) is 3. The topological polar surface area (TPSA) is 60.7 Å². The second kappa shape index (κ2) is 15.7. The first kappa shape index (κ1) is 23.3. The maximum Gasteiger partial charge on any atom is 0.631 e. The SMILES string of the molecule is OB(O)O.[Fe].[MgH2].[Mn]. The van der Waals surface area contributed by atoms with Gasteiger partial charge in [0, 0.05) is 34.1 Å². The molecule has 0 aromatic heterocycles. The van der Waals surface area contributed by atoms with Crippen LogP contribution in [0.25, 0.3) is 0 Å². The summed E-state index contributed by atoms with van der Waals surface area (Å²) in [6.45, 7) is 0. The number of hydrogen-bond acceptors (Lipinski definition) is 3. The van der Waals surface area contributed by atoms with Gasteiger partial charge in [-0.15, -0.1) is 0 Å². The van der Waals surface area contributed by atoms with Crippen LogP contribution in [-0.2, 0) is 34.1 Å². The Labute approximate surface area is 79.1 Å². The zero-order valence-corrected chi connectivity index (χ0v) is 4.94. The van der Waals surface area contributed by atoms with Crippen LogP contribution in [0.15, 0.2) is 0 Å². The van der Waals surface area contributed by atoms with Crippen molar-refractivity contribution in [2.24, 2.45) is 0 Å². The van der Waals surface area contributed by atoms with Gasteiger partial charge >= 0.3 is 30.4 Å². The van der Waals surface area contributed by atoms with E-state index in [1.54, 1.807) is 0 Å². The summed E-state index contributed by atoms with van der Waals surface area (Å²) in [6.07, 6.45) is 0. The average Bonchev–Trinajstić information content (AvgIpc) is 0.811. The molecule has 0 amide bonds. The quantitative estimate of drug-likeness (QED) is 0.365. The van der Waals surface area contributed by atoms with Gasteiger partial charge in [-0.25, -0.2) is 0 Å². The third-order valence-electron chi connectivity index (χ3n) is 0. The molecule has 0 heterocycles. The van der Waals surface area contributed by atoms with Crippen LogP contribution < -0.4 is 0 Å². The Bertz CT molecular complexity index is 19.7. The fourth-order valence-corrected chi connectivity index (χ4v) is 0. The summed E-state index contributed by atoms with van der Waals surface area (Å²) in [5.41, 5.74) is 0. The van der Waals surface area contributed by atoms with Crippen LogP contribution in [-0.4, -0.2) is 45.4 Å². The van der Waals surface area contributed by atoms with Crippen molar-refractivity contribution in [1.82, 2.24) is 0 Å². The minimum atomic E-state index is -2.17. The molecule has 43 valence electrons. The van der Waals surface area contributed by atoms with Crippen LogP contribution in [0.1, 0.15) is 0 Å². The van der Waals surface area contributed by atoms with Crippen molar-refractivity contribution in [3.63, 3.8) is 0 Å². The van der Waals surface area contributed by atoms with Crippen LogP contribution in [0.3, 0.4) is 0 Å². The van der Waals surface area contributed by atoms with Crippen molar-refractivity contribution in [2.75, 3.05) is 0 Å². The normalized spacial score (nSPS) is 3.86. The molecule has 0 rings (SSSR count). The first-order chi connectivity index (χ1) is 1.73. The minimum Gasteiger partial charge on any atom is -0.402 e. The fraction of sp³-hybridized carbons (Fsp3) is 0. The monoisotopic (exact) mass is 199 g/mol. The smallest absolute Gasteiger partial charge is 0.402 e. The standard InChI is InChI=1S/BH3O3.Fe.Mg.Mn.2H/c2-1(3)4;;;;;/h2-4H;;;;;. The molecular formula is H5BFeMgMnO3. The molecule has 0 saturated carbocycles. The molecule has 0 aromatic carbocycles. The van der Waals surface area contributed by atoms with E-state index in [0.29, 0.717) is 0 Å². The Morgan fingerprint density at radius 1 is 1.00 bits per heavy atom. The fourth-order valence-electron chi connectivity index (χ4n) is 0. The molecule has 0 aliphatic rings. The molecule has 0 aromatic rings. The van der Waals surface area contributed by atoms with E-state index in [2.05, 4.69) is 0 Å². The van der Waals surface area contributed by atoms with E-state index in [4.69, 9.17) is 15.1 Å². The zero-order valence-electron chi connectivity index (χ0n) is 2.65. The van der Waals surface area contributed by atoms with Crippen LogP contribution in [0, 0.1) is 0 Å². The van der Waals surface area contributed by atoms with Crippen LogP contribution >= 0.6 is 0 Å². The molecule has 0 aliphatic carbocycles. The summed E-state index contributed by atoms with van der Waals surface area (Å²) in [6, 6.07) is 0. The van der Waals surface area contributed by atoms with Crippen molar-refractivity contribution >= 4 is 30.4 Å². The largest absolute Gasteiger partial charge is 0.631 e. The molecular weight excluding hydrogens is 194 g/mol.